The Labute approximate surface area is 156 Å². The average molecular weight is 396 g/mol. The smallest absolute Gasteiger partial charge is 0.261 e. The summed E-state index contributed by atoms with van der Waals surface area (Å²) in [7, 11) is -3.74. The monoisotopic (exact) mass is 395 g/mol. The highest BCUT2D eigenvalue weighted by molar-refractivity contribution is 7.89. The molecule has 0 atom stereocenters. The van der Waals surface area contributed by atoms with Crippen LogP contribution in [-0.2, 0) is 10.0 Å². The van der Waals surface area contributed by atoms with Crippen molar-refractivity contribution in [3.8, 4) is 0 Å². The molecule has 25 heavy (non-hydrogen) atoms. The van der Waals surface area contributed by atoms with Crippen LogP contribution < -0.4 is 10.5 Å². The highest BCUT2D eigenvalue weighted by atomic mass is 35.5. The second-order valence-corrected chi connectivity index (χ2v) is 7.38. The van der Waals surface area contributed by atoms with E-state index in [1.807, 2.05) is 0 Å². The summed E-state index contributed by atoms with van der Waals surface area (Å²) in [6.45, 7) is 3.71. The van der Waals surface area contributed by atoms with E-state index in [2.05, 4.69) is 16.3 Å². The third-order valence-electron chi connectivity index (χ3n) is 3.06. The summed E-state index contributed by atoms with van der Waals surface area (Å²) in [6.07, 6.45) is 2.54. The molecule has 0 radical (unpaired) electrons. The van der Waals surface area contributed by atoms with E-state index in [-0.39, 0.29) is 10.6 Å². The van der Waals surface area contributed by atoms with Crippen LogP contribution in [0.15, 0.2) is 76.8 Å². The summed E-state index contributed by atoms with van der Waals surface area (Å²) in [5.41, 5.74) is 6.47. The second-order valence-electron chi connectivity index (χ2n) is 4.88. The van der Waals surface area contributed by atoms with Crippen LogP contribution in [0.5, 0.6) is 0 Å². The number of hydrogen-bond donors (Lipinski definition) is 2. The summed E-state index contributed by atoms with van der Waals surface area (Å²) >= 11 is 11.9. The van der Waals surface area contributed by atoms with E-state index in [1.165, 1.54) is 18.2 Å². The first kappa shape index (κ1) is 19.1. The maximum atomic E-state index is 12.3. The third-order valence-corrected chi connectivity index (χ3v) is 5.22. The second kappa shape index (κ2) is 8.20. The van der Waals surface area contributed by atoms with Crippen LogP contribution >= 0.6 is 23.2 Å². The third kappa shape index (κ3) is 5.09. The van der Waals surface area contributed by atoms with Crippen molar-refractivity contribution in [3.05, 3.63) is 82.5 Å². The van der Waals surface area contributed by atoms with Crippen molar-refractivity contribution >= 4 is 45.3 Å². The molecular weight excluding hydrogens is 381 g/mol. The van der Waals surface area contributed by atoms with Crippen molar-refractivity contribution in [2.24, 2.45) is 10.7 Å². The van der Waals surface area contributed by atoms with E-state index >= 15 is 0 Å². The number of nitrogens with one attached hydrogen (secondary N) is 1. The Kier molecular flexibility index (Phi) is 6.25. The van der Waals surface area contributed by atoms with E-state index < -0.39 is 10.0 Å². The first-order chi connectivity index (χ1) is 11.8. The zero-order valence-corrected chi connectivity index (χ0v) is 15.3. The number of nitrogens with zero attached hydrogens (tertiary/aromatic N) is 1. The molecule has 8 heteroatoms. The maximum absolute atomic E-state index is 12.3. The normalized spacial score (nSPS) is 12.3. The predicted octanol–water partition coefficient (Wildman–Crippen LogP) is 3.81. The Morgan fingerprint density at radius 2 is 1.80 bits per heavy atom. The molecule has 0 saturated heterocycles. The molecule has 0 unspecified atom stereocenters. The van der Waals surface area contributed by atoms with E-state index in [0.29, 0.717) is 21.3 Å². The number of allylic oxidation sites excluding steroid dienone is 1. The molecule has 0 aliphatic rings. The Morgan fingerprint density at radius 3 is 2.40 bits per heavy atom. The molecule has 0 fully saturated rings. The molecule has 0 spiro atoms. The Balaban J connectivity index is 2.31. The van der Waals surface area contributed by atoms with Crippen LogP contribution in [0.25, 0.3) is 5.70 Å². The molecule has 0 heterocycles. The molecule has 2 aromatic rings. The van der Waals surface area contributed by atoms with E-state index in [1.54, 1.807) is 36.4 Å². The molecular formula is C17H15Cl2N3O2S. The number of rotatable bonds is 6. The molecule has 0 aliphatic carbocycles. The zero-order chi connectivity index (χ0) is 18.4. The van der Waals surface area contributed by atoms with Gasteiger partial charge < -0.3 is 5.73 Å². The lowest BCUT2D eigenvalue weighted by Crippen LogP contribution is -2.21. The minimum atomic E-state index is -3.74. The van der Waals surface area contributed by atoms with Crippen molar-refractivity contribution < 1.29 is 8.42 Å². The van der Waals surface area contributed by atoms with Gasteiger partial charge in [0.05, 0.1) is 27.0 Å². The molecule has 5 nitrogen and oxygen atoms in total. The van der Waals surface area contributed by atoms with Crippen molar-refractivity contribution in [1.82, 2.24) is 4.72 Å². The molecule has 0 amide bonds. The van der Waals surface area contributed by atoms with Crippen LogP contribution in [0.1, 0.15) is 5.56 Å². The summed E-state index contributed by atoms with van der Waals surface area (Å²) in [4.78, 5) is 4.15. The van der Waals surface area contributed by atoms with Gasteiger partial charge in [-0.25, -0.2) is 13.4 Å². The fourth-order valence-corrected chi connectivity index (χ4v) is 3.29. The van der Waals surface area contributed by atoms with Gasteiger partial charge in [-0.15, -0.1) is 0 Å². The van der Waals surface area contributed by atoms with Crippen LogP contribution in [0.4, 0.5) is 0 Å². The predicted molar refractivity (Wildman–Crippen MR) is 103 cm³/mol. The van der Waals surface area contributed by atoms with Gasteiger partial charge in [0.25, 0.3) is 10.0 Å². The molecule has 130 valence electrons. The van der Waals surface area contributed by atoms with Crippen LogP contribution in [-0.4, -0.2) is 14.8 Å². The summed E-state index contributed by atoms with van der Waals surface area (Å²) in [6, 6.07) is 12.9. The molecule has 2 rings (SSSR count). The van der Waals surface area contributed by atoms with Gasteiger partial charge in [-0.1, -0.05) is 54.0 Å². The van der Waals surface area contributed by atoms with Gasteiger partial charge in [0.15, 0.2) is 0 Å². The van der Waals surface area contributed by atoms with Gasteiger partial charge in [-0.3, -0.25) is 4.72 Å². The molecule has 2 aromatic carbocycles. The Morgan fingerprint density at radius 1 is 1.12 bits per heavy atom. The van der Waals surface area contributed by atoms with Crippen LogP contribution in [0.2, 0.25) is 10.0 Å². The van der Waals surface area contributed by atoms with E-state index in [0.717, 1.165) is 6.34 Å². The zero-order valence-electron chi connectivity index (χ0n) is 13.0. The fourth-order valence-electron chi connectivity index (χ4n) is 1.96. The number of nitrogens with two attached hydrogens (primary N) is 1. The van der Waals surface area contributed by atoms with Crippen LogP contribution in [0, 0.1) is 0 Å². The van der Waals surface area contributed by atoms with Crippen molar-refractivity contribution in [3.63, 3.8) is 0 Å². The average Bonchev–Trinajstić information content (AvgIpc) is 2.57. The summed E-state index contributed by atoms with van der Waals surface area (Å²) < 4.78 is 27.0. The topological polar surface area (TPSA) is 84.5 Å². The number of aliphatic imine (C=N–C) groups is 1. The summed E-state index contributed by atoms with van der Waals surface area (Å²) in [5, 5.41) is 0.734. The van der Waals surface area contributed by atoms with Gasteiger partial charge in [0.1, 0.15) is 0 Å². The molecule has 0 aliphatic heterocycles. The lowest BCUT2D eigenvalue weighted by atomic mass is 10.1. The minimum Gasteiger partial charge on any atom is -0.390 e. The summed E-state index contributed by atoms with van der Waals surface area (Å²) in [5.74, 6) is 0. The molecule has 0 saturated carbocycles. The van der Waals surface area contributed by atoms with Gasteiger partial charge in [0.2, 0.25) is 0 Å². The minimum absolute atomic E-state index is 0.121. The first-order valence-corrected chi connectivity index (χ1v) is 9.25. The largest absolute Gasteiger partial charge is 0.390 e. The standard InChI is InChI=1S/C17H15Cl2N3O2S/c1-12(22-25(23,24)14-5-3-2-4-6-14)9-17(21-11-20)13-7-8-15(18)16(19)10-13/h2-11,22H,1H2,(H2,20,21)/b17-9-. The molecule has 0 bridgehead atoms. The van der Waals surface area contributed by atoms with Gasteiger partial charge in [0, 0.05) is 11.3 Å². The van der Waals surface area contributed by atoms with Gasteiger partial charge in [-0.2, -0.15) is 0 Å². The quantitative estimate of drug-likeness (QED) is 0.442. The number of benzene rings is 2. The van der Waals surface area contributed by atoms with Crippen molar-refractivity contribution in [2.75, 3.05) is 0 Å². The number of hydrogen-bond acceptors (Lipinski definition) is 3. The lowest BCUT2D eigenvalue weighted by Gasteiger charge is -2.09. The Bertz CT molecular complexity index is 940. The SMILES string of the molecule is C=C(/C=C(\N=C/N)c1ccc(Cl)c(Cl)c1)NS(=O)(=O)c1ccccc1. The van der Waals surface area contributed by atoms with E-state index in [9.17, 15) is 8.42 Å². The van der Waals surface area contributed by atoms with Crippen molar-refractivity contribution in [1.29, 1.82) is 0 Å². The lowest BCUT2D eigenvalue weighted by molar-refractivity contribution is 0.589. The first-order valence-electron chi connectivity index (χ1n) is 7.01. The van der Waals surface area contributed by atoms with Crippen LogP contribution in [0.3, 0.4) is 0 Å². The highest BCUT2D eigenvalue weighted by Gasteiger charge is 2.14. The highest BCUT2D eigenvalue weighted by Crippen LogP contribution is 2.27. The maximum Gasteiger partial charge on any atom is 0.261 e. The van der Waals surface area contributed by atoms with Gasteiger partial charge in [-0.05, 0) is 30.3 Å². The van der Waals surface area contributed by atoms with E-state index in [4.69, 9.17) is 28.9 Å². The molecule has 0 aromatic heterocycles. The fraction of sp³-hybridized carbons (Fsp3) is 0. The Hall–Kier alpha value is -2.28. The molecule has 3 N–H and O–H groups in total. The van der Waals surface area contributed by atoms with Gasteiger partial charge >= 0.3 is 0 Å². The number of sulfonamides is 1. The number of halogens is 2. The van der Waals surface area contributed by atoms with Crippen molar-refractivity contribution in [2.45, 2.75) is 4.90 Å².